The number of anilines is 2. The lowest BCUT2D eigenvalue weighted by atomic mass is 10.1. The molecule has 1 fully saturated rings. The molecule has 180 valence electrons. The number of aromatic hydroxyl groups is 1. The van der Waals surface area contributed by atoms with Crippen LogP contribution < -0.4 is 10.9 Å². The van der Waals surface area contributed by atoms with E-state index in [1.807, 2.05) is 18.2 Å². The van der Waals surface area contributed by atoms with Crippen molar-refractivity contribution < 1.29 is 5.11 Å². The Morgan fingerprint density at radius 1 is 1.00 bits per heavy atom. The second-order valence-electron chi connectivity index (χ2n) is 9.06. The second kappa shape index (κ2) is 10.5. The van der Waals surface area contributed by atoms with Gasteiger partial charge < -0.3 is 10.4 Å². The van der Waals surface area contributed by atoms with E-state index in [1.54, 1.807) is 42.6 Å². The minimum atomic E-state index is -0.375. The van der Waals surface area contributed by atoms with Gasteiger partial charge in [-0.2, -0.15) is 5.26 Å². The predicted molar refractivity (Wildman–Crippen MR) is 143 cm³/mol. The number of aliphatic imine (C=N–C) groups is 1. The third kappa shape index (κ3) is 5.29. The Hall–Kier alpha value is -4.41. The molecule has 0 unspecified atom stereocenters. The molecule has 7 nitrogen and oxygen atoms in total. The highest BCUT2D eigenvalue weighted by Gasteiger charge is 2.12. The first-order valence-corrected chi connectivity index (χ1v) is 12.1. The normalized spacial score (nSPS) is 14.2. The number of nitrogens with one attached hydrogen (secondary N) is 2. The van der Waals surface area contributed by atoms with Crippen LogP contribution in [0, 0.1) is 11.3 Å². The molecule has 1 saturated heterocycles. The molecule has 3 N–H and O–H groups in total. The van der Waals surface area contributed by atoms with E-state index < -0.39 is 0 Å². The summed E-state index contributed by atoms with van der Waals surface area (Å²) in [6, 6.07) is 22.7. The Kier molecular flexibility index (Phi) is 6.78. The largest absolute Gasteiger partial charge is 0.494 e. The second-order valence-corrected chi connectivity index (χ2v) is 9.06. The number of benzene rings is 3. The zero-order valence-electron chi connectivity index (χ0n) is 19.9. The first-order valence-electron chi connectivity index (χ1n) is 12.1. The van der Waals surface area contributed by atoms with Crippen LogP contribution >= 0.6 is 0 Å². The number of aromatic amines is 1. The van der Waals surface area contributed by atoms with E-state index in [9.17, 15) is 9.90 Å². The Balaban J connectivity index is 1.41. The average Bonchev–Trinajstić information content (AvgIpc) is 2.90. The zero-order valence-corrected chi connectivity index (χ0v) is 19.9. The molecule has 1 aliphatic heterocycles. The van der Waals surface area contributed by atoms with Crippen LogP contribution in [0.15, 0.2) is 76.5 Å². The summed E-state index contributed by atoms with van der Waals surface area (Å²) < 4.78 is 0. The summed E-state index contributed by atoms with van der Waals surface area (Å²) in [5, 5.41) is 24.0. The predicted octanol–water partition coefficient (Wildman–Crippen LogP) is 5.59. The number of piperidine rings is 1. The fourth-order valence-electron chi connectivity index (χ4n) is 4.58. The minimum absolute atomic E-state index is 0.235. The van der Waals surface area contributed by atoms with Gasteiger partial charge in [-0.1, -0.05) is 24.6 Å². The van der Waals surface area contributed by atoms with Crippen molar-refractivity contribution in [2.45, 2.75) is 25.8 Å². The zero-order chi connectivity index (χ0) is 24.9. The molecular formula is C29H27N5O2. The highest BCUT2D eigenvalue weighted by Crippen LogP contribution is 2.27. The fraction of sp³-hybridized carbons (Fsp3) is 0.207. The van der Waals surface area contributed by atoms with E-state index in [0.717, 1.165) is 36.7 Å². The number of nitrogens with zero attached hydrogens (tertiary/aromatic N) is 3. The van der Waals surface area contributed by atoms with Gasteiger partial charge >= 0.3 is 0 Å². The maximum Gasteiger partial charge on any atom is 0.258 e. The molecule has 0 radical (unpaired) electrons. The SMILES string of the molecule is N#Cc1cccc(Nc2ccc3c(=O)[nH]c(O)c(C=Nc4ccc(CN5CCCCC5)cc4)c3c2)c1. The van der Waals surface area contributed by atoms with E-state index in [-0.39, 0.29) is 11.4 Å². The fourth-order valence-corrected chi connectivity index (χ4v) is 4.58. The lowest BCUT2D eigenvalue weighted by Gasteiger charge is -2.26. The van der Waals surface area contributed by atoms with Gasteiger partial charge in [-0.25, -0.2) is 0 Å². The van der Waals surface area contributed by atoms with Crippen molar-refractivity contribution >= 4 is 34.0 Å². The van der Waals surface area contributed by atoms with Gasteiger partial charge in [0.05, 0.1) is 22.9 Å². The lowest BCUT2D eigenvalue weighted by molar-refractivity contribution is 0.221. The standard InChI is InChI=1S/C29H27N5O2/c30-17-21-5-4-6-23(15-21)32-24-11-12-25-26(16-24)27(29(36)33-28(25)35)18-31-22-9-7-20(8-10-22)19-34-13-2-1-3-14-34/h4-12,15-16,18,32H,1-3,13-14,19H2,(H2,33,35,36). The Morgan fingerprint density at radius 3 is 2.56 bits per heavy atom. The van der Waals surface area contributed by atoms with Gasteiger partial charge in [0.1, 0.15) is 0 Å². The highest BCUT2D eigenvalue weighted by atomic mass is 16.3. The number of aromatic nitrogens is 1. The van der Waals surface area contributed by atoms with Crippen LogP contribution in [-0.4, -0.2) is 34.3 Å². The van der Waals surface area contributed by atoms with Crippen molar-refractivity contribution in [3.8, 4) is 11.9 Å². The van der Waals surface area contributed by atoms with Gasteiger partial charge in [0.25, 0.3) is 5.56 Å². The molecule has 0 aliphatic carbocycles. The maximum absolute atomic E-state index is 12.5. The molecular weight excluding hydrogens is 450 g/mol. The number of H-pyrrole nitrogens is 1. The van der Waals surface area contributed by atoms with Crippen molar-refractivity contribution in [3.63, 3.8) is 0 Å². The van der Waals surface area contributed by atoms with E-state index in [4.69, 9.17) is 5.26 Å². The number of nitriles is 1. The average molecular weight is 478 g/mol. The van der Waals surface area contributed by atoms with Crippen molar-refractivity contribution in [3.05, 3.63) is 93.8 Å². The smallest absolute Gasteiger partial charge is 0.258 e. The minimum Gasteiger partial charge on any atom is -0.494 e. The number of rotatable bonds is 6. The molecule has 0 bridgehead atoms. The molecule has 1 aliphatic rings. The monoisotopic (exact) mass is 477 g/mol. The molecule has 5 rings (SSSR count). The van der Waals surface area contributed by atoms with Gasteiger partial charge in [0, 0.05) is 34.9 Å². The number of hydrogen-bond acceptors (Lipinski definition) is 6. The summed E-state index contributed by atoms with van der Waals surface area (Å²) in [5.41, 5.74) is 4.09. The molecule has 0 amide bonds. The molecule has 0 atom stereocenters. The van der Waals surface area contributed by atoms with Gasteiger partial charge in [0.2, 0.25) is 5.88 Å². The summed E-state index contributed by atoms with van der Waals surface area (Å²) in [7, 11) is 0. The molecule has 0 saturated carbocycles. The third-order valence-electron chi connectivity index (χ3n) is 6.46. The van der Waals surface area contributed by atoms with Gasteiger partial charge in [-0.15, -0.1) is 0 Å². The Morgan fingerprint density at radius 2 is 1.78 bits per heavy atom. The van der Waals surface area contributed by atoms with E-state index in [1.165, 1.54) is 24.8 Å². The first kappa shape index (κ1) is 23.3. The summed E-state index contributed by atoms with van der Waals surface area (Å²) in [5.74, 6) is -0.235. The first-order chi connectivity index (χ1) is 17.6. The molecule has 1 aromatic heterocycles. The quantitative estimate of drug-likeness (QED) is 0.314. The van der Waals surface area contributed by atoms with Crippen LogP contribution in [0.3, 0.4) is 0 Å². The van der Waals surface area contributed by atoms with Crippen LogP contribution in [0.2, 0.25) is 0 Å². The molecule has 2 heterocycles. The van der Waals surface area contributed by atoms with Gasteiger partial charge in [-0.05, 0) is 80.0 Å². The lowest BCUT2D eigenvalue weighted by Crippen LogP contribution is -2.28. The molecule has 0 spiro atoms. The summed E-state index contributed by atoms with van der Waals surface area (Å²) >= 11 is 0. The number of fused-ring (bicyclic) bond motifs is 1. The van der Waals surface area contributed by atoms with Crippen LogP contribution in [0.25, 0.3) is 10.8 Å². The molecule has 4 aromatic rings. The summed E-state index contributed by atoms with van der Waals surface area (Å²) in [4.78, 5) is 22.0. The Bertz CT molecular complexity index is 1510. The van der Waals surface area contributed by atoms with Gasteiger partial charge in [-0.3, -0.25) is 19.7 Å². The van der Waals surface area contributed by atoms with E-state index >= 15 is 0 Å². The van der Waals surface area contributed by atoms with Crippen molar-refractivity contribution in [2.75, 3.05) is 18.4 Å². The topological polar surface area (TPSA) is 105 Å². The van der Waals surface area contributed by atoms with E-state index in [2.05, 4.69) is 38.4 Å². The third-order valence-corrected chi connectivity index (χ3v) is 6.46. The van der Waals surface area contributed by atoms with Crippen LogP contribution in [-0.2, 0) is 6.54 Å². The maximum atomic E-state index is 12.5. The van der Waals surface area contributed by atoms with Crippen molar-refractivity contribution in [2.24, 2.45) is 4.99 Å². The number of pyridine rings is 1. The van der Waals surface area contributed by atoms with Crippen LogP contribution in [0.1, 0.15) is 36.0 Å². The number of hydrogen-bond donors (Lipinski definition) is 3. The molecule has 36 heavy (non-hydrogen) atoms. The summed E-state index contributed by atoms with van der Waals surface area (Å²) in [6.07, 6.45) is 5.43. The van der Waals surface area contributed by atoms with Crippen LogP contribution in [0.5, 0.6) is 5.88 Å². The van der Waals surface area contributed by atoms with Gasteiger partial charge in [0.15, 0.2) is 0 Å². The van der Waals surface area contributed by atoms with Crippen molar-refractivity contribution in [1.82, 2.24) is 9.88 Å². The van der Waals surface area contributed by atoms with Crippen molar-refractivity contribution in [1.29, 1.82) is 5.26 Å². The molecule has 3 aromatic carbocycles. The Labute approximate surface area is 209 Å². The van der Waals surface area contributed by atoms with Crippen LogP contribution in [0.4, 0.5) is 17.1 Å². The highest BCUT2D eigenvalue weighted by molar-refractivity contribution is 6.03. The molecule has 7 heteroatoms. The number of likely N-dealkylation sites (tertiary alicyclic amines) is 1. The van der Waals surface area contributed by atoms with E-state index in [0.29, 0.717) is 21.9 Å². The summed E-state index contributed by atoms with van der Waals surface area (Å²) in [6.45, 7) is 3.25.